The van der Waals surface area contributed by atoms with Crippen LogP contribution in [0.3, 0.4) is 0 Å². The predicted molar refractivity (Wildman–Crippen MR) is 72.0 cm³/mol. The Morgan fingerprint density at radius 2 is 1.84 bits per heavy atom. The highest BCUT2D eigenvalue weighted by atomic mass is 35.5. The van der Waals surface area contributed by atoms with Crippen LogP contribution in [0.1, 0.15) is 24.2 Å². The number of benzene rings is 1. The molecule has 1 rings (SSSR count). The third-order valence-corrected chi connectivity index (χ3v) is 3.55. The van der Waals surface area contributed by atoms with E-state index in [9.17, 15) is 13.2 Å². The van der Waals surface area contributed by atoms with E-state index in [1.165, 1.54) is 0 Å². The molecule has 0 fully saturated rings. The Morgan fingerprint density at radius 1 is 1.26 bits per heavy atom. The van der Waals surface area contributed by atoms with Crippen molar-refractivity contribution in [2.45, 2.75) is 18.7 Å². The van der Waals surface area contributed by atoms with Crippen LogP contribution in [0.4, 0.5) is 0 Å². The summed E-state index contributed by atoms with van der Waals surface area (Å²) in [5, 5.41) is 8.17. The zero-order chi connectivity index (χ0) is 14.8. The van der Waals surface area contributed by atoms with E-state index in [1.807, 2.05) is 0 Å². The van der Waals surface area contributed by atoms with Gasteiger partial charge in [-0.1, -0.05) is 28.4 Å². The van der Waals surface area contributed by atoms with Crippen LogP contribution in [0.15, 0.2) is 22.2 Å². The van der Waals surface area contributed by atoms with Gasteiger partial charge in [0.2, 0.25) is 10.0 Å². The Hall–Kier alpha value is -1.15. The number of carbonyl (C=O) groups is 1. The highest BCUT2D eigenvalue weighted by molar-refractivity contribution is 7.89. The standard InChI is InChI=1S/C10H10Cl2N2O4S/c1-5(2)14-18-10(15)6-3-9(19(13,16)17)8(12)4-7(6)11/h3-4H,1-2H3,(H2,13,16,17). The molecule has 0 spiro atoms. The molecular weight excluding hydrogens is 315 g/mol. The van der Waals surface area contributed by atoms with E-state index in [1.54, 1.807) is 13.8 Å². The summed E-state index contributed by atoms with van der Waals surface area (Å²) in [5.41, 5.74) is 0.310. The van der Waals surface area contributed by atoms with Gasteiger partial charge in [-0.2, -0.15) is 0 Å². The lowest BCUT2D eigenvalue weighted by Gasteiger charge is -2.06. The first-order valence-corrected chi connectivity index (χ1v) is 7.17. The molecule has 104 valence electrons. The minimum Gasteiger partial charge on any atom is -0.313 e. The number of nitrogens with zero attached hydrogens (tertiary/aromatic N) is 1. The van der Waals surface area contributed by atoms with E-state index in [2.05, 4.69) is 9.99 Å². The van der Waals surface area contributed by atoms with Gasteiger partial charge in [-0.25, -0.2) is 18.4 Å². The SMILES string of the molecule is CC(C)=NOC(=O)c1cc(S(N)(=O)=O)c(Cl)cc1Cl. The second-order valence-corrected chi connectivity index (χ2v) is 6.07. The fourth-order valence-electron chi connectivity index (χ4n) is 1.09. The van der Waals surface area contributed by atoms with Gasteiger partial charge in [0, 0.05) is 0 Å². The van der Waals surface area contributed by atoms with Crippen LogP contribution in [0.2, 0.25) is 10.0 Å². The summed E-state index contributed by atoms with van der Waals surface area (Å²) in [4.78, 5) is 15.8. The second kappa shape index (κ2) is 5.87. The van der Waals surface area contributed by atoms with Crippen molar-refractivity contribution in [1.29, 1.82) is 0 Å². The molecule has 19 heavy (non-hydrogen) atoms. The summed E-state index contributed by atoms with van der Waals surface area (Å²) in [5.74, 6) is -0.909. The maximum Gasteiger partial charge on any atom is 0.367 e. The molecule has 0 radical (unpaired) electrons. The monoisotopic (exact) mass is 324 g/mol. The zero-order valence-electron chi connectivity index (χ0n) is 9.98. The third-order valence-electron chi connectivity index (χ3n) is 1.86. The van der Waals surface area contributed by atoms with Gasteiger partial charge >= 0.3 is 5.97 Å². The third kappa shape index (κ3) is 4.17. The molecule has 0 amide bonds. The van der Waals surface area contributed by atoms with E-state index < -0.39 is 20.9 Å². The van der Waals surface area contributed by atoms with Gasteiger partial charge < -0.3 is 4.84 Å². The summed E-state index contributed by atoms with van der Waals surface area (Å²) in [7, 11) is -4.07. The summed E-state index contributed by atoms with van der Waals surface area (Å²) in [6.07, 6.45) is 0. The smallest absolute Gasteiger partial charge is 0.313 e. The molecule has 2 N–H and O–H groups in total. The Kier molecular flexibility index (Phi) is 4.92. The Labute approximate surface area is 120 Å². The Morgan fingerprint density at radius 3 is 2.32 bits per heavy atom. The highest BCUT2D eigenvalue weighted by Crippen LogP contribution is 2.28. The fourth-order valence-corrected chi connectivity index (χ4v) is 2.48. The number of nitrogens with two attached hydrogens (primary N) is 1. The van der Waals surface area contributed by atoms with Gasteiger partial charge in [0.05, 0.1) is 21.3 Å². The van der Waals surface area contributed by atoms with Gasteiger partial charge in [0.25, 0.3) is 0 Å². The number of oxime groups is 1. The summed E-state index contributed by atoms with van der Waals surface area (Å²) in [6, 6.07) is 2.05. The van der Waals surface area contributed by atoms with Gasteiger partial charge in [-0.3, -0.25) is 0 Å². The van der Waals surface area contributed by atoms with E-state index in [0.717, 1.165) is 12.1 Å². The van der Waals surface area contributed by atoms with Crippen molar-refractivity contribution >= 4 is 44.9 Å². The molecule has 0 atom stereocenters. The quantitative estimate of drug-likeness (QED) is 0.523. The fraction of sp³-hybridized carbons (Fsp3) is 0.200. The lowest BCUT2D eigenvalue weighted by molar-refractivity contribution is 0.0515. The van der Waals surface area contributed by atoms with Crippen LogP contribution in [-0.2, 0) is 14.9 Å². The first-order valence-electron chi connectivity index (χ1n) is 4.87. The molecule has 0 saturated carbocycles. The van der Waals surface area contributed by atoms with Crippen molar-refractivity contribution in [2.75, 3.05) is 0 Å². The maximum atomic E-state index is 11.7. The first-order chi connectivity index (χ1) is 8.62. The normalized spacial score (nSPS) is 11.0. The predicted octanol–water partition coefficient (Wildman–Crippen LogP) is 2.19. The van der Waals surface area contributed by atoms with Crippen molar-refractivity contribution in [3.8, 4) is 0 Å². The molecule has 0 aliphatic carbocycles. The van der Waals surface area contributed by atoms with Crippen LogP contribution in [-0.4, -0.2) is 20.1 Å². The Bertz CT molecular complexity index is 652. The van der Waals surface area contributed by atoms with Crippen molar-refractivity contribution in [1.82, 2.24) is 0 Å². The molecular formula is C10H10Cl2N2O4S. The topological polar surface area (TPSA) is 98.8 Å². The molecule has 0 aliphatic rings. The minimum atomic E-state index is -4.07. The average molecular weight is 325 g/mol. The molecule has 1 aromatic rings. The van der Waals surface area contributed by atoms with Gasteiger partial charge in [0.15, 0.2) is 0 Å². The van der Waals surface area contributed by atoms with E-state index >= 15 is 0 Å². The van der Waals surface area contributed by atoms with Crippen LogP contribution < -0.4 is 5.14 Å². The van der Waals surface area contributed by atoms with Crippen LogP contribution in [0.25, 0.3) is 0 Å². The molecule has 0 aromatic heterocycles. The van der Waals surface area contributed by atoms with Gasteiger partial charge in [-0.15, -0.1) is 0 Å². The number of carbonyl (C=O) groups excluding carboxylic acids is 1. The molecule has 9 heteroatoms. The van der Waals surface area contributed by atoms with Crippen molar-refractivity contribution < 1.29 is 18.0 Å². The van der Waals surface area contributed by atoms with Crippen molar-refractivity contribution in [3.63, 3.8) is 0 Å². The van der Waals surface area contributed by atoms with Crippen molar-refractivity contribution in [2.24, 2.45) is 10.3 Å². The van der Waals surface area contributed by atoms with E-state index in [4.69, 9.17) is 28.3 Å². The number of rotatable bonds is 3. The van der Waals surface area contributed by atoms with Crippen LogP contribution >= 0.6 is 23.2 Å². The largest absolute Gasteiger partial charge is 0.367 e. The van der Waals surface area contributed by atoms with Gasteiger partial charge in [0.1, 0.15) is 4.90 Å². The summed E-state index contributed by atoms with van der Waals surface area (Å²) in [6.45, 7) is 3.24. The molecule has 1 aromatic carbocycles. The summed E-state index contributed by atoms with van der Waals surface area (Å²) >= 11 is 11.5. The molecule has 0 bridgehead atoms. The van der Waals surface area contributed by atoms with Crippen LogP contribution in [0, 0.1) is 0 Å². The summed E-state index contributed by atoms with van der Waals surface area (Å²) < 4.78 is 22.6. The number of primary sulfonamides is 1. The lowest BCUT2D eigenvalue weighted by Crippen LogP contribution is -2.14. The number of sulfonamides is 1. The minimum absolute atomic E-state index is 0.0636. The molecule has 6 nitrogen and oxygen atoms in total. The maximum absolute atomic E-state index is 11.7. The molecule has 0 saturated heterocycles. The second-order valence-electron chi connectivity index (χ2n) is 3.72. The first kappa shape index (κ1) is 15.9. The lowest BCUT2D eigenvalue weighted by atomic mass is 10.2. The molecule has 0 aliphatic heterocycles. The van der Waals surface area contributed by atoms with Gasteiger partial charge in [-0.05, 0) is 26.0 Å². The number of halogens is 2. The molecule has 0 unspecified atom stereocenters. The molecule has 0 heterocycles. The Balaban J connectivity index is 3.30. The van der Waals surface area contributed by atoms with E-state index in [0.29, 0.717) is 5.71 Å². The number of hydrogen-bond acceptors (Lipinski definition) is 5. The highest BCUT2D eigenvalue weighted by Gasteiger charge is 2.20. The van der Waals surface area contributed by atoms with E-state index in [-0.39, 0.29) is 15.6 Å². The number of hydrogen-bond donors (Lipinski definition) is 1. The zero-order valence-corrected chi connectivity index (χ0v) is 12.3. The van der Waals surface area contributed by atoms with Crippen LogP contribution in [0.5, 0.6) is 0 Å². The van der Waals surface area contributed by atoms with Crippen molar-refractivity contribution in [3.05, 3.63) is 27.7 Å². The average Bonchev–Trinajstić information content (AvgIpc) is 2.24.